The van der Waals surface area contributed by atoms with E-state index in [1.807, 2.05) is 0 Å². The molecular formula is C15H33IN4. The first-order valence-corrected chi connectivity index (χ1v) is 8.01. The number of hydrogen-bond acceptors (Lipinski definition) is 2. The number of guanidine groups is 1. The highest BCUT2D eigenvalue weighted by atomic mass is 127. The van der Waals surface area contributed by atoms with Crippen molar-refractivity contribution in [3.05, 3.63) is 0 Å². The fourth-order valence-electron chi connectivity index (χ4n) is 2.77. The van der Waals surface area contributed by atoms with Crippen molar-refractivity contribution < 1.29 is 0 Å². The Morgan fingerprint density at radius 1 is 1.25 bits per heavy atom. The van der Waals surface area contributed by atoms with E-state index in [-0.39, 0.29) is 24.0 Å². The van der Waals surface area contributed by atoms with Crippen molar-refractivity contribution in [2.45, 2.75) is 58.9 Å². The van der Waals surface area contributed by atoms with E-state index >= 15 is 0 Å². The van der Waals surface area contributed by atoms with Gasteiger partial charge in [0.1, 0.15) is 0 Å². The number of rotatable bonds is 7. The first-order chi connectivity index (χ1) is 9.22. The third-order valence-corrected chi connectivity index (χ3v) is 4.10. The Labute approximate surface area is 142 Å². The molecule has 1 aliphatic heterocycles. The van der Waals surface area contributed by atoms with Gasteiger partial charge in [0.2, 0.25) is 0 Å². The number of nitrogens with two attached hydrogens (primary N) is 1. The summed E-state index contributed by atoms with van der Waals surface area (Å²) >= 11 is 0. The average Bonchev–Trinajstić information content (AvgIpc) is 2.45. The molecule has 5 heteroatoms. The lowest BCUT2D eigenvalue weighted by Crippen LogP contribution is -2.43. The molecule has 1 unspecified atom stereocenters. The Hall–Kier alpha value is -0.0400. The summed E-state index contributed by atoms with van der Waals surface area (Å²) in [5.74, 6) is 0.714. The zero-order chi connectivity index (χ0) is 14.1. The van der Waals surface area contributed by atoms with Crippen LogP contribution in [0.25, 0.3) is 0 Å². The van der Waals surface area contributed by atoms with E-state index in [0.717, 1.165) is 19.6 Å². The normalized spacial score (nSPS) is 20.6. The lowest BCUT2D eigenvalue weighted by molar-refractivity contribution is 0.151. The highest BCUT2D eigenvalue weighted by molar-refractivity contribution is 14.0. The van der Waals surface area contributed by atoms with Crippen LogP contribution in [0, 0.1) is 0 Å². The van der Waals surface area contributed by atoms with Gasteiger partial charge in [-0.05, 0) is 46.2 Å². The van der Waals surface area contributed by atoms with E-state index in [4.69, 9.17) is 5.73 Å². The molecule has 0 bridgehead atoms. The summed E-state index contributed by atoms with van der Waals surface area (Å²) in [4.78, 5) is 9.37. The SMILES string of the molecule is CCCCN1CCCCC1CN=C(N)N(CC)CC.I. The van der Waals surface area contributed by atoms with Crippen molar-refractivity contribution in [1.82, 2.24) is 9.80 Å². The molecule has 1 heterocycles. The molecule has 1 fully saturated rings. The minimum absolute atomic E-state index is 0. The van der Waals surface area contributed by atoms with Gasteiger partial charge in [-0.1, -0.05) is 19.8 Å². The molecule has 0 aromatic carbocycles. The summed E-state index contributed by atoms with van der Waals surface area (Å²) in [5.41, 5.74) is 6.06. The van der Waals surface area contributed by atoms with Gasteiger partial charge in [-0.3, -0.25) is 9.89 Å². The molecule has 0 aromatic heterocycles. The summed E-state index contributed by atoms with van der Waals surface area (Å²) < 4.78 is 0. The van der Waals surface area contributed by atoms with Crippen LogP contribution < -0.4 is 5.73 Å². The average molecular weight is 396 g/mol. The minimum Gasteiger partial charge on any atom is -0.370 e. The summed E-state index contributed by atoms with van der Waals surface area (Å²) in [6, 6.07) is 0.606. The van der Waals surface area contributed by atoms with Crippen molar-refractivity contribution in [1.29, 1.82) is 0 Å². The number of hydrogen-bond donors (Lipinski definition) is 1. The minimum atomic E-state index is 0. The third-order valence-electron chi connectivity index (χ3n) is 4.10. The van der Waals surface area contributed by atoms with Gasteiger partial charge in [0.25, 0.3) is 0 Å². The van der Waals surface area contributed by atoms with Gasteiger partial charge >= 0.3 is 0 Å². The smallest absolute Gasteiger partial charge is 0.191 e. The molecule has 1 atom stereocenters. The first-order valence-electron chi connectivity index (χ1n) is 8.01. The fourth-order valence-corrected chi connectivity index (χ4v) is 2.77. The van der Waals surface area contributed by atoms with Gasteiger partial charge in [-0.2, -0.15) is 0 Å². The highest BCUT2D eigenvalue weighted by Crippen LogP contribution is 2.17. The third kappa shape index (κ3) is 6.61. The summed E-state index contributed by atoms with van der Waals surface area (Å²) in [6.07, 6.45) is 6.53. The van der Waals surface area contributed by atoms with Crippen LogP contribution in [0.15, 0.2) is 4.99 Å². The van der Waals surface area contributed by atoms with Gasteiger partial charge in [-0.25, -0.2) is 0 Å². The van der Waals surface area contributed by atoms with Crippen LogP contribution in [-0.4, -0.2) is 54.5 Å². The zero-order valence-electron chi connectivity index (χ0n) is 13.5. The van der Waals surface area contributed by atoms with Crippen LogP contribution in [-0.2, 0) is 0 Å². The number of unbranched alkanes of at least 4 members (excludes halogenated alkanes) is 1. The predicted octanol–water partition coefficient (Wildman–Crippen LogP) is 2.92. The van der Waals surface area contributed by atoms with Gasteiger partial charge in [-0.15, -0.1) is 24.0 Å². The molecule has 1 aliphatic rings. The van der Waals surface area contributed by atoms with Crippen molar-refractivity contribution in [3.63, 3.8) is 0 Å². The standard InChI is InChI=1S/C15H32N4.HI/c1-4-7-11-19-12-9-8-10-14(19)13-17-15(16)18(5-2)6-3;/h14H,4-13H2,1-3H3,(H2,16,17);1H. The Kier molecular flexibility index (Phi) is 11.6. The van der Waals surface area contributed by atoms with E-state index in [2.05, 4.69) is 35.6 Å². The van der Waals surface area contributed by atoms with Gasteiger partial charge in [0.15, 0.2) is 5.96 Å². The van der Waals surface area contributed by atoms with E-state index in [0.29, 0.717) is 12.0 Å². The quantitative estimate of drug-likeness (QED) is 0.409. The van der Waals surface area contributed by atoms with Crippen molar-refractivity contribution in [3.8, 4) is 0 Å². The fraction of sp³-hybridized carbons (Fsp3) is 0.933. The van der Waals surface area contributed by atoms with E-state index in [1.54, 1.807) is 0 Å². The maximum absolute atomic E-state index is 6.06. The van der Waals surface area contributed by atoms with Gasteiger partial charge in [0.05, 0.1) is 6.54 Å². The lowest BCUT2D eigenvalue weighted by Gasteiger charge is -2.35. The second-order valence-electron chi connectivity index (χ2n) is 5.41. The van der Waals surface area contributed by atoms with Gasteiger partial charge < -0.3 is 10.6 Å². The molecule has 0 saturated carbocycles. The van der Waals surface area contributed by atoms with Gasteiger partial charge in [0, 0.05) is 19.1 Å². The van der Waals surface area contributed by atoms with Crippen LogP contribution in [0.4, 0.5) is 0 Å². The summed E-state index contributed by atoms with van der Waals surface area (Å²) in [5, 5.41) is 0. The number of nitrogens with zero attached hydrogens (tertiary/aromatic N) is 3. The van der Waals surface area contributed by atoms with E-state index in [9.17, 15) is 0 Å². The summed E-state index contributed by atoms with van der Waals surface area (Å²) in [7, 11) is 0. The maximum Gasteiger partial charge on any atom is 0.191 e. The van der Waals surface area contributed by atoms with Crippen LogP contribution in [0.5, 0.6) is 0 Å². The number of likely N-dealkylation sites (tertiary alicyclic amines) is 1. The van der Waals surface area contributed by atoms with Crippen molar-refractivity contribution in [2.24, 2.45) is 10.7 Å². The Morgan fingerprint density at radius 3 is 2.55 bits per heavy atom. The van der Waals surface area contributed by atoms with Crippen LogP contribution >= 0.6 is 24.0 Å². The second-order valence-corrected chi connectivity index (χ2v) is 5.41. The molecule has 120 valence electrons. The molecule has 2 N–H and O–H groups in total. The Balaban J connectivity index is 0.00000361. The monoisotopic (exact) mass is 396 g/mol. The maximum atomic E-state index is 6.06. The van der Waals surface area contributed by atoms with Crippen molar-refractivity contribution >= 4 is 29.9 Å². The molecule has 4 nitrogen and oxygen atoms in total. The topological polar surface area (TPSA) is 44.9 Å². The van der Waals surface area contributed by atoms with E-state index in [1.165, 1.54) is 45.2 Å². The molecule has 1 saturated heterocycles. The lowest BCUT2D eigenvalue weighted by atomic mass is 10.0. The highest BCUT2D eigenvalue weighted by Gasteiger charge is 2.21. The van der Waals surface area contributed by atoms with Crippen LogP contribution in [0.2, 0.25) is 0 Å². The molecule has 0 radical (unpaired) electrons. The largest absolute Gasteiger partial charge is 0.370 e. The molecule has 0 aliphatic carbocycles. The summed E-state index contributed by atoms with van der Waals surface area (Å²) in [6.45, 7) is 11.7. The van der Waals surface area contributed by atoms with E-state index < -0.39 is 0 Å². The van der Waals surface area contributed by atoms with Crippen LogP contribution in [0.3, 0.4) is 0 Å². The Morgan fingerprint density at radius 2 is 1.95 bits per heavy atom. The number of piperidine rings is 1. The number of halogens is 1. The Bertz CT molecular complexity index is 267. The second kappa shape index (κ2) is 11.6. The molecule has 20 heavy (non-hydrogen) atoms. The molecular weight excluding hydrogens is 363 g/mol. The first kappa shape index (κ1) is 20.0. The van der Waals surface area contributed by atoms with Crippen LogP contribution in [0.1, 0.15) is 52.9 Å². The molecule has 1 rings (SSSR count). The zero-order valence-corrected chi connectivity index (χ0v) is 15.8. The van der Waals surface area contributed by atoms with Crippen molar-refractivity contribution in [2.75, 3.05) is 32.7 Å². The molecule has 0 aromatic rings. The molecule has 0 amide bonds. The predicted molar refractivity (Wildman–Crippen MR) is 98.9 cm³/mol. The number of aliphatic imine (C=N–C) groups is 1. The molecule has 0 spiro atoms.